The Morgan fingerprint density at radius 3 is 3.08 bits per heavy atom. The molecule has 0 amide bonds. The van der Waals surface area contributed by atoms with Gasteiger partial charge in [-0.1, -0.05) is 18.9 Å². The third-order valence-electron chi connectivity index (χ3n) is 2.40. The summed E-state index contributed by atoms with van der Waals surface area (Å²) in [7, 11) is 0. The normalized spacial score (nSPS) is 25.3. The Morgan fingerprint density at radius 2 is 2.33 bits per heavy atom. The zero-order chi connectivity index (χ0) is 8.81. The van der Waals surface area contributed by atoms with Crippen molar-refractivity contribution >= 4 is 5.84 Å². The first kappa shape index (κ1) is 9.30. The fourth-order valence-corrected chi connectivity index (χ4v) is 1.64. The van der Waals surface area contributed by atoms with Crippen LogP contribution in [-0.2, 0) is 0 Å². The van der Waals surface area contributed by atoms with Gasteiger partial charge in [-0.2, -0.15) is 0 Å². The maximum absolute atomic E-state index is 7.73. The predicted octanol–water partition coefficient (Wildman–Crippen LogP) is 2.32. The second-order valence-electron chi connectivity index (χ2n) is 3.41. The maximum atomic E-state index is 7.73. The summed E-state index contributed by atoms with van der Waals surface area (Å²) in [5, 5.41) is 10.9. The quantitative estimate of drug-likeness (QED) is 0.607. The van der Waals surface area contributed by atoms with Gasteiger partial charge in [-0.25, -0.2) is 0 Å². The summed E-state index contributed by atoms with van der Waals surface area (Å²) in [6.07, 6.45) is 7.80. The van der Waals surface area contributed by atoms with Gasteiger partial charge in [0.2, 0.25) is 0 Å². The molecular formula is C10H18N2. The Hall–Kier alpha value is -0.790. The summed E-state index contributed by atoms with van der Waals surface area (Å²) in [5.74, 6) is 1.12. The van der Waals surface area contributed by atoms with E-state index in [1.165, 1.54) is 19.3 Å². The van der Waals surface area contributed by atoms with Crippen LogP contribution in [0, 0.1) is 11.3 Å². The van der Waals surface area contributed by atoms with Crippen molar-refractivity contribution in [3.05, 3.63) is 12.7 Å². The monoisotopic (exact) mass is 166 g/mol. The van der Waals surface area contributed by atoms with Crippen molar-refractivity contribution in [3.8, 4) is 0 Å². The predicted molar refractivity (Wildman–Crippen MR) is 52.5 cm³/mol. The lowest BCUT2D eigenvalue weighted by Gasteiger charge is -2.20. The van der Waals surface area contributed by atoms with Gasteiger partial charge in [0.25, 0.3) is 0 Å². The van der Waals surface area contributed by atoms with Crippen molar-refractivity contribution in [3.63, 3.8) is 0 Å². The Balaban J connectivity index is 2.42. The van der Waals surface area contributed by atoms with E-state index < -0.39 is 0 Å². The summed E-state index contributed by atoms with van der Waals surface area (Å²) in [6, 6.07) is 0. The first-order valence-electron chi connectivity index (χ1n) is 4.78. The molecule has 0 bridgehead atoms. The van der Waals surface area contributed by atoms with Crippen molar-refractivity contribution in [1.29, 1.82) is 5.41 Å². The number of allylic oxidation sites excluding steroid dienone is 1. The van der Waals surface area contributed by atoms with Crippen LogP contribution in [0.3, 0.4) is 0 Å². The molecule has 2 nitrogen and oxygen atoms in total. The van der Waals surface area contributed by atoms with Crippen LogP contribution in [0.1, 0.15) is 32.1 Å². The highest BCUT2D eigenvalue weighted by molar-refractivity contribution is 5.81. The van der Waals surface area contributed by atoms with Crippen molar-refractivity contribution in [1.82, 2.24) is 5.32 Å². The molecule has 0 spiro atoms. The highest BCUT2D eigenvalue weighted by atomic mass is 14.9. The lowest BCUT2D eigenvalue weighted by Crippen LogP contribution is -2.32. The number of hydrogen-bond donors (Lipinski definition) is 2. The number of amidine groups is 1. The van der Waals surface area contributed by atoms with Crippen LogP contribution >= 0.6 is 0 Å². The minimum Gasteiger partial charge on any atom is -0.374 e. The molecule has 1 heterocycles. The molecule has 0 radical (unpaired) electrons. The lowest BCUT2D eigenvalue weighted by molar-refractivity contribution is 0.516. The molecule has 1 saturated heterocycles. The van der Waals surface area contributed by atoms with E-state index in [1.54, 1.807) is 0 Å². The summed E-state index contributed by atoms with van der Waals surface area (Å²) >= 11 is 0. The average molecular weight is 166 g/mol. The Morgan fingerprint density at radius 1 is 1.50 bits per heavy atom. The van der Waals surface area contributed by atoms with E-state index in [1.807, 2.05) is 6.08 Å². The molecule has 1 rings (SSSR count). The average Bonchev–Trinajstić information content (AvgIpc) is 2.05. The van der Waals surface area contributed by atoms with Gasteiger partial charge in [-0.3, -0.25) is 5.41 Å². The third kappa shape index (κ3) is 2.68. The van der Waals surface area contributed by atoms with Gasteiger partial charge in [0.1, 0.15) is 0 Å². The molecule has 0 aromatic carbocycles. The molecule has 1 aliphatic heterocycles. The molecule has 1 fully saturated rings. The Kier molecular flexibility index (Phi) is 3.85. The van der Waals surface area contributed by atoms with E-state index in [0.29, 0.717) is 5.92 Å². The minimum absolute atomic E-state index is 0.405. The SMILES string of the molecule is C=CCC1CCCCCNC1=N. The first-order chi connectivity index (χ1) is 5.84. The van der Waals surface area contributed by atoms with Gasteiger partial charge >= 0.3 is 0 Å². The Bertz CT molecular complexity index is 163. The molecule has 0 aromatic heterocycles. The topological polar surface area (TPSA) is 35.9 Å². The van der Waals surface area contributed by atoms with Crippen molar-refractivity contribution in [2.45, 2.75) is 32.1 Å². The van der Waals surface area contributed by atoms with E-state index in [4.69, 9.17) is 5.41 Å². The first-order valence-corrected chi connectivity index (χ1v) is 4.78. The molecule has 0 aromatic rings. The Labute approximate surface area is 74.6 Å². The van der Waals surface area contributed by atoms with Gasteiger partial charge in [0.05, 0.1) is 5.84 Å². The molecule has 0 saturated carbocycles. The standard InChI is InChI=1S/C10H18N2/c1-2-6-9-7-4-3-5-8-12-10(9)11/h2,9H,1,3-8H2,(H2,11,12). The number of hydrogen-bond acceptors (Lipinski definition) is 1. The van der Waals surface area contributed by atoms with Crippen molar-refractivity contribution in [2.24, 2.45) is 5.92 Å². The zero-order valence-electron chi connectivity index (χ0n) is 7.60. The van der Waals surface area contributed by atoms with E-state index in [0.717, 1.165) is 25.2 Å². The zero-order valence-corrected chi connectivity index (χ0v) is 7.60. The minimum atomic E-state index is 0.405. The molecule has 1 unspecified atom stereocenters. The summed E-state index contributed by atoms with van der Waals surface area (Å²) < 4.78 is 0. The second kappa shape index (κ2) is 4.96. The van der Waals surface area contributed by atoms with Gasteiger partial charge < -0.3 is 5.32 Å². The smallest absolute Gasteiger partial charge is 0.0966 e. The summed E-state index contributed by atoms with van der Waals surface area (Å²) in [6.45, 7) is 4.70. The fourth-order valence-electron chi connectivity index (χ4n) is 1.64. The lowest BCUT2D eigenvalue weighted by atomic mass is 9.95. The fraction of sp³-hybridized carbons (Fsp3) is 0.700. The largest absolute Gasteiger partial charge is 0.374 e. The van der Waals surface area contributed by atoms with Crippen LogP contribution in [0.4, 0.5) is 0 Å². The van der Waals surface area contributed by atoms with Crippen LogP contribution in [0.2, 0.25) is 0 Å². The molecule has 1 atom stereocenters. The number of rotatable bonds is 2. The van der Waals surface area contributed by atoms with Crippen molar-refractivity contribution < 1.29 is 0 Å². The van der Waals surface area contributed by atoms with Crippen LogP contribution in [0.25, 0.3) is 0 Å². The summed E-state index contributed by atoms with van der Waals surface area (Å²) in [5.41, 5.74) is 0. The van der Waals surface area contributed by atoms with E-state index in [2.05, 4.69) is 11.9 Å². The van der Waals surface area contributed by atoms with Gasteiger partial charge in [0, 0.05) is 12.5 Å². The van der Waals surface area contributed by atoms with Gasteiger partial charge in [-0.05, 0) is 19.3 Å². The van der Waals surface area contributed by atoms with Crippen LogP contribution in [0.5, 0.6) is 0 Å². The highest BCUT2D eigenvalue weighted by Gasteiger charge is 2.14. The molecule has 2 heteroatoms. The van der Waals surface area contributed by atoms with E-state index >= 15 is 0 Å². The number of nitrogens with one attached hydrogen (secondary N) is 2. The van der Waals surface area contributed by atoms with Crippen LogP contribution in [0.15, 0.2) is 12.7 Å². The van der Waals surface area contributed by atoms with Crippen LogP contribution in [-0.4, -0.2) is 12.4 Å². The van der Waals surface area contributed by atoms with Crippen molar-refractivity contribution in [2.75, 3.05) is 6.54 Å². The highest BCUT2D eigenvalue weighted by Crippen LogP contribution is 2.16. The molecule has 2 N–H and O–H groups in total. The maximum Gasteiger partial charge on any atom is 0.0966 e. The van der Waals surface area contributed by atoms with Crippen LogP contribution < -0.4 is 5.32 Å². The summed E-state index contributed by atoms with van der Waals surface area (Å²) in [4.78, 5) is 0. The molecule has 0 aliphatic carbocycles. The van der Waals surface area contributed by atoms with E-state index in [-0.39, 0.29) is 0 Å². The second-order valence-corrected chi connectivity index (χ2v) is 3.41. The molecule has 1 aliphatic rings. The third-order valence-corrected chi connectivity index (χ3v) is 2.40. The molecule has 68 valence electrons. The van der Waals surface area contributed by atoms with E-state index in [9.17, 15) is 0 Å². The van der Waals surface area contributed by atoms with Gasteiger partial charge in [-0.15, -0.1) is 6.58 Å². The molecular weight excluding hydrogens is 148 g/mol. The molecule has 12 heavy (non-hydrogen) atoms. The van der Waals surface area contributed by atoms with Gasteiger partial charge in [0.15, 0.2) is 0 Å².